The molecular formula is C20H19ClN4O. The minimum Gasteiger partial charge on any atom is -0.347 e. The lowest BCUT2D eigenvalue weighted by atomic mass is 10.1. The number of aromatic nitrogens is 2. The third-order valence-electron chi connectivity index (χ3n) is 3.73. The van der Waals surface area contributed by atoms with E-state index >= 15 is 0 Å². The first-order chi connectivity index (χ1) is 12.5. The molecule has 0 aliphatic rings. The Morgan fingerprint density at radius 3 is 2.42 bits per heavy atom. The molecule has 26 heavy (non-hydrogen) atoms. The Morgan fingerprint density at radius 1 is 1.04 bits per heavy atom. The molecule has 1 amide bonds. The minimum absolute atomic E-state index is 0.258. The molecule has 1 heterocycles. The molecule has 132 valence electrons. The van der Waals surface area contributed by atoms with Gasteiger partial charge >= 0.3 is 0 Å². The number of hydrogen-bond acceptors (Lipinski definition) is 4. The number of rotatable bonds is 5. The van der Waals surface area contributed by atoms with Crippen LogP contribution >= 0.6 is 11.6 Å². The van der Waals surface area contributed by atoms with Crippen molar-refractivity contribution in [2.24, 2.45) is 0 Å². The quantitative estimate of drug-likeness (QED) is 0.701. The highest BCUT2D eigenvalue weighted by Crippen LogP contribution is 2.17. The summed E-state index contributed by atoms with van der Waals surface area (Å²) in [5.41, 5.74) is 4.45. The van der Waals surface area contributed by atoms with E-state index in [1.54, 1.807) is 24.4 Å². The van der Waals surface area contributed by atoms with Crippen molar-refractivity contribution in [3.63, 3.8) is 0 Å². The van der Waals surface area contributed by atoms with Gasteiger partial charge in [0.2, 0.25) is 5.95 Å². The van der Waals surface area contributed by atoms with Crippen LogP contribution < -0.4 is 10.6 Å². The van der Waals surface area contributed by atoms with Gasteiger partial charge in [-0.2, -0.15) is 0 Å². The first-order valence-electron chi connectivity index (χ1n) is 8.20. The highest BCUT2D eigenvalue weighted by molar-refractivity contribution is 6.30. The minimum atomic E-state index is -0.258. The SMILES string of the molecule is Cc1cc(C)cc(Nc2nccc(C(=O)NCc3ccc(Cl)cc3)n2)c1. The molecule has 5 nitrogen and oxygen atoms in total. The fourth-order valence-electron chi connectivity index (χ4n) is 2.60. The number of hydrogen-bond donors (Lipinski definition) is 2. The summed E-state index contributed by atoms with van der Waals surface area (Å²) in [6.45, 7) is 4.46. The van der Waals surface area contributed by atoms with Crippen LogP contribution in [0.2, 0.25) is 5.02 Å². The second-order valence-corrected chi connectivity index (χ2v) is 6.51. The summed E-state index contributed by atoms with van der Waals surface area (Å²) >= 11 is 5.86. The fourth-order valence-corrected chi connectivity index (χ4v) is 2.72. The van der Waals surface area contributed by atoms with Gasteiger partial charge in [0.15, 0.2) is 0 Å². The summed E-state index contributed by atoms with van der Waals surface area (Å²) in [5.74, 6) is 0.125. The topological polar surface area (TPSA) is 66.9 Å². The second kappa shape index (κ2) is 7.97. The van der Waals surface area contributed by atoms with Crippen LogP contribution in [-0.4, -0.2) is 15.9 Å². The van der Waals surface area contributed by atoms with E-state index in [1.165, 1.54) is 0 Å². The van der Waals surface area contributed by atoms with Crippen LogP contribution in [0, 0.1) is 13.8 Å². The van der Waals surface area contributed by atoms with Crippen molar-refractivity contribution in [2.75, 3.05) is 5.32 Å². The predicted molar refractivity (Wildman–Crippen MR) is 104 cm³/mol. The van der Waals surface area contributed by atoms with Crippen LogP contribution in [0.3, 0.4) is 0 Å². The standard InChI is InChI=1S/C20H19ClN4O/c1-13-9-14(2)11-17(10-13)24-20-22-8-7-18(25-20)19(26)23-12-15-3-5-16(21)6-4-15/h3-11H,12H2,1-2H3,(H,23,26)(H,22,24,25). The molecule has 3 aromatic rings. The average Bonchev–Trinajstić information content (AvgIpc) is 2.60. The van der Waals surface area contributed by atoms with Gasteiger partial charge in [-0.15, -0.1) is 0 Å². The van der Waals surface area contributed by atoms with Crippen molar-refractivity contribution >= 4 is 29.1 Å². The van der Waals surface area contributed by atoms with E-state index in [9.17, 15) is 4.79 Å². The van der Waals surface area contributed by atoms with Crippen LogP contribution in [0.4, 0.5) is 11.6 Å². The van der Waals surface area contributed by atoms with Gasteiger partial charge in [0.25, 0.3) is 5.91 Å². The van der Waals surface area contributed by atoms with Gasteiger partial charge in [-0.1, -0.05) is 29.8 Å². The molecule has 0 aliphatic carbocycles. The van der Waals surface area contributed by atoms with E-state index in [1.807, 2.05) is 38.1 Å². The molecule has 0 bridgehead atoms. The molecule has 6 heteroatoms. The summed E-state index contributed by atoms with van der Waals surface area (Å²) in [7, 11) is 0. The lowest BCUT2D eigenvalue weighted by Gasteiger charge is -2.09. The maximum atomic E-state index is 12.3. The molecule has 1 aromatic heterocycles. The van der Waals surface area contributed by atoms with Crippen molar-refractivity contribution in [1.29, 1.82) is 0 Å². The highest BCUT2D eigenvalue weighted by atomic mass is 35.5. The van der Waals surface area contributed by atoms with Crippen molar-refractivity contribution in [2.45, 2.75) is 20.4 Å². The Kier molecular flexibility index (Phi) is 5.49. The number of anilines is 2. The van der Waals surface area contributed by atoms with Gasteiger partial charge in [-0.05, 0) is 60.9 Å². The number of nitrogens with zero attached hydrogens (tertiary/aromatic N) is 2. The summed E-state index contributed by atoms with van der Waals surface area (Å²) in [6.07, 6.45) is 1.56. The third kappa shape index (κ3) is 4.80. The molecule has 0 fully saturated rings. The molecule has 0 aliphatic heterocycles. The Morgan fingerprint density at radius 2 is 1.73 bits per heavy atom. The van der Waals surface area contributed by atoms with E-state index in [-0.39, 0.29) is 5.91 Å². The van der Waals surface area contributed by atoms with Crippen LogP contribution in [0.15, 0.2) is 54.7 Å². The smallest absolute Gasteiger partial charge is 0.270 e. The fraction of sp³-hybridized carbons (Fsp3) is 0.150. The lowest BCUT2D eigenvalue weighted by Crippen LogP contribution is -2.24. The van der Waals surface area contributed by atoms with E-state index in [0.29, 0.717) is 23.2 Å². The molecule has 2 aromatic carbocycles. The van der Waals surface area contributed by atoms with Crippen LogP contribution in [0.25, 0.3) is 0 Å². The van der Waals surface area contributed by atoms with Crippen LogP contribution in [0.5, 0.6) is 0 Å². The van der Waals surface area contributed by atoms with Gasteiger partial charge in [-0.3, -0.25) is 4.79 Å². The van der Waals surface area contributed by atoms with E-state index in [4.69, 9.17) is 11.6 Å². The number of carbonyl (C=O) groups is 1. The third-order valence-corrected chi connectivity index (χ3v) is 3.98. The zero-order valence-electron chi connectivity index (χ0n) is 14.6. The molecule has 0 spiro atoms. The highest BCUT2D eigenvalue weighted by Gasteiger charge is 2.09. The maximum absolute atomic E-state index is 12.3. The Hall–Kier alpha value is -2.92. The van der Waals surface area contributed by atoms with Gasteiger partial charge in [0, 0.05) is 23.5 Å². The van der Waals surface area contributed by atoms with Gasteiger partial charge < -0.3 is 10.6 Å². The van der Waals surface area contributed by atoms with Gasteiger partial charge in [0.1, 0.15) is 5.69 Å². The van der Waals surface area contributed by atoms with E-state index in [2.05, 4.69) is 26.7 Å². The maximum Gasteiger partial charge on any atom is 0.270 e. The molecule has 2 N–H and O–H groups in total. The number of halogens is 1. The van der Waals surface area contributed by atoms with E-state index in [0.717, 1.165) is 22.4 Å². The molecule has 0 saturated heterocycles. The molecule has 0 saturated carbocycles. The Balaban J connectivity index is 1.67. The van der Waals surface area contributed by atoms with Crippen molar-refractivity contribution in [3.8, 4) is 0 Å². The molecule has 0 radical (unpaired) electrons. The number of amides is 1. The monoisotopic (exact) mass is 366 g/mol. The molecule has 0 unspecified atom stereocenters. The zero-order chi connectivity index (χ0) is 18.5. The zero-order valence-corrected chi connectivity index (χ0v) is 15.3. The number of nitrogens with one attached hydrogen (secondary N) is 2. The molecule has 0 atom stereocenters. The Bertz CT molecular complexity index is 905. The van der Waals surface area contributed by atoms with Crippen molar-refractivity contribution < 1.29 is 4.79 Å². The summed E-state index contributed by atoms with van der Waals surface area (Å²) in [4.78, 5) is 20.8. The van der Waals surface area contributed by atoms with Crippen molar-refractivity contribution in [1.82, 2.24) is 15.3 Å². The Labute approximate surface area is 157 Å². The number of aryl methyl sites for hydroxylation is 2. The summed E-state index contributed by atoms with van der Waals surface area (Å²) in [6, 6.07) is 15.0. The summed E-state index contributed by atoms with van der Waals surface area (Å²) in [5, 5.41) is 6.65. The average molecular weight is 367 g/mol. The van der Waals surface area contributed by atoms with Gasteiger partial charge in [-0.25, -0.2) is 9.97 Å². The lowest BCUT2D eigenvalue weighted by molar-refractivity contribution is 0.0946. The first-order valence-corrected chi connectivity index (χ1v) is 8.58. The predicted octanol–water partition coefficient (Wildman–Crippen LogP) is 4.42. The van der Waals surface area contributed by atoms with Crippen molar-refractivity contribution in [3.05, 3.63) is 82.1 Å². The summed E-state index contributed by atoms with van der Waals surface area (Å²) < 4.78 is 0. The van der Waals surface area contributed by atoms with Gasteiger partial charge in [0.05, 0.1) is 0 Å². The normalized spacial score (nSPS) is 10.4. The number of benzene rings is 2. The second-order valence-electron chi connectivity index (χ2n) is 6.08. The number of carbonyl (C=O) groups excluding carboxylic acids is 1. The van der Waals surface area contributed by atoms with Crippen LogP contribution in [-0.2, 0) is 6.54 Å². The molecule has 3 rings (SSSR count). The van der Waals surface area contributed by atoms with E-state index < -0.39 is 0 Å². The largest absolute Gasteiger partial charge is 0.347 e. The van der Waals surface area contributed by atoms with Crippen LogP contribution in [0.1, 0.15) is 27.2 Å². The first kappa shape index (κ1) is 17.9. The molecular weight excluding hydrogens is 348 g/mol.